The lowest BCUT2D eigenvalue weighted by Gasteiger charge is -2.29. The maximum atomic E-state index is 12.6. The summed E-state index contributed by atoms with van der Waals surface area (Å²) < 4.78 is 28.0. The summed E-state index contributed by atoms with van der Waals surface area (Å²) >= 11 is 0. The lowest BCUT2D eigenvalue weighted by atomic mass is 10.1. The molecule has 1 saturated heterocycles. The van der Waals surface area contributed by atoms with Crippen LogP contribution in [-0.2, 0) is 10.0 Å². The van der Waals surface area contributed by atoms with Crippen molar-refractivity contribution in [1.29, 1.82) is 0 Å². The van der Waals surface area contributed by atoms with Crippen molar-refractivity contribution in [3.63, 3.8) is 0 Å². The summed E-state index contributed by atoms with van der Waals surface area (Å²) in [5, 5.41) is 0.671. The van der Waals surface area contributed by atoms with Gasteiger partial charge in [0.05, 0.1) is 0 Å². The first-order chi connectivity index (χ1) is 9.95. The van der Waals surface area contributed by atoms with Gasteiger partial charge in [-0.15, -0.1) is 0 Å². The molecule has 0 saturated carbocycles. The highest BCUT2D eigenvalue weighted by molar-refractivity contribution is 7.89. The van der Waals surface area contributed by atoms with Gasteiger partial charge in [-0.1, -0.05) is 0 Å². The van der Waals surface area contributed by atoms with Gasteiger partial charge in [0.15, 0.2) is 0 Å². The lowest BCUT2D eigenvalue weighted by Crippen LogP contribution is -2.43. The Morgan fingerprint density at radius 1 is 1.33 bits per heavy atom. The minimum atomic E-state index is -3.51. The number of nitrogens with zero attached hydrogens (tertiary/aromatic N) is 1. The number of H-pyrrole nitrogens is 1. The molecule has 21 heavy (non-hydrogen) atoms. The fourth-order valence-electron chi connectivity index (χ4n) is 2.75. The number of nitrogens with one attached hydrogen (secondary N) is 2. The van der Waals surface area contributed by atoms with Crippen molar-refractivity contribution in [2.24, 2.45) is 0 Å². The number of likely N-dealkylation sites (tertiary alicyclic amines) is 1. The van der Waals surface area contributed by atoms with Crippen LogP contribution in [-0.4, -0.2) is 44.5 Å². The van der Waals surface area contributed by atoms with E-state index >= 15 is 0 Å². The van der Waals surface area contributed by atoms with Crippen molar-refractivity contribution in [2.45, 2.75) is 23.8 Å². The van der Waals surface area contributed by atoms with Crippen LogP contribution in [0.1, 0.15) is 12.8 Å². The smallest absolute Gasteiger partial charge is 0.242 e. The Bertz CT molecular complexity index is 745. The van der Waals surface area contributed by atoms with Gasteiger partial charge >= 0.3 is 0 Å². The van der Waals surface area contributed by atoms with Crippen molar-refractivity contribution >= 4 is 26.6 Å². The second kappa shape index (κ2) is 5.32. The topological polar surface area (TPSA) is 91.2 Å². The molecule has 114 valence electrons. The molecule has 4 N–H and O–H groups in total. The standard InChI is InChI=1S/C14H20N4O2S/c1-18-6-4-11(5-7-18)17-21(19,20)14-9-16-13-8-10(15)2-3-12(13)14/h2-3,8-9,11,16-17H,4-7,15H2,1H3. The minimum absolute atomic E-state index is 0.00457. The number of anilines is 1. The van der Waals surface area contributed by atoms with Gasteiger partial charge in [0, 0.05) is 28.8 Å². The molecule has 1 fully saturated rings. The summed E-state index contributed by atoms with van der Waals surface area (Å²) in [4.78, 5) is 5.47. The van der Waals surface area contributed by atoms with E-state index in [1.807, 2.05) is 0 Å². The highest BCUT2D eigenvalue weighted by atomic mass is 32.2. The highest BCUT2D eigenvalue weighted by Gasteiger charge is 2.25. The van der Waals surface area contributed by atoms with Crippen LogP contribution in [0.2, 0.25) is 0 Å². The average Bonchev–Trinajstić information content (AvgIpc) is 2.85. The largest absolute Gasteiger partial charge is 0.399 e. The Morgan fingerprint density at radius 2 is 2.05 bits per heavy atom. The minimum Gasteiger partial charge on any atom is -0.399 e. The van der Waals surface area contributed by atoms with Gasteiger partial charge in [-0.05, 0) is 51.2 Å². The van der Waals surface area contributed by atoms with Crippen molar-refractivity contribution in [3.8, 4) is 0 Å². The zero-order chi connectivity index (χ0) is 15.0. The van der Waals surface area contributed by atoms with Crippen molar-refractivity contribution in [3.05, 3.63) is 24.4 Å². The predicted molar refractivity (Wildman–Crippen MR) is 83.6 cm³/mol. The van der Waals surface area contributed by atoms with Gasteiger partial charge in [-0.25, -0.2) is 13.1 Å². The summed E-state index contributed by atoms with van der Waals surface area (Å²) in [5.74, 6) is 0. The quantitative estimate of drug-likeness (QED) is 0.741. The van der Waals surface area contributed by atoms with E-state index in [2.05, 4.69) is 21.7 Å². The first kappa shape index (κ1) is 14.4. The second-order valence-electron chi connectivity index (χ2n) is 5.66. The Kier molecular flexibility index (Phi) is 3.64. The molecule has 0 bridgehead atoms. The molecule has 1 aromatic carbocycles. The molecule has 3 rings (SSSR count). The first-order valence-electron chi connectivity index (χ1n) is 7.03. The van der Waals surface area contributed by atoms with E-state index in [0.29, 0.717) is 11.1 Å². The third-order valence-corrected chi connectivity index (χ3v) is 5.56. The molecular weight excluding hydrogens is 288 g/mol. The Balaban J connectivity index is 1.86. The van der Waals surface area contributed by atoms with Gasteiger partial charge in [0.1, 0.15) is 4.90 Å². The predicted octanol–water partition coefficient (Wildman–Crippen LogP) is 1.12. The van der Waals surface area contributed by atoms with Gasteiger partial charge < -0.3 is 15.6 Å². The van der Waals surface area contributed by atoms with E-state index in [4.69, 9.17) is 5.73 Å². The number of hydrogen-bond acceptors (Lipinski definition) is 4. The van der Waals surface area contributed by atoms with Crippen LogP contribution >= 0.6 is 0 Å². The van der Waals surface area contributed by atoms with Crippen LogP contribution in [0.25, 0.3) is 10.9 Å². The molecule has 0 spiro atoms. The van der Waals surface area contributed by atoms with Crippen molar-refractivity contribution in [1.82, 2.24) is 14.6 Å². The van der Waals surface area contributed by atoms with Gasteiger partial charge in [0.2, 0.25) is 10.0 Å². The Labute approximate surface area is 124 Å². The van der Waals surface area contributed by atoms with Crippen molar-refractivity contribution < 1.29 is 8.42 Å². The first-order valence-corrected chi connectivity index (χ1v) is 8.51. The third kappa shape index (κ3) is 2.90. The number of benzene rings is 1. The van der Waals surface area contributed by atoms with Gasteiger partial charge in [0.25, 0.3) is 0 Å². The molecule has 1 aromatic heterocycles. The number of aromatic amines is 1. The van der Waals surface area contributed by atoms with Crippen LogP contribution in [0.15, 0.2) is 29.3 Å². The van der Waals surface area contributed by atoms with Crippen LogP contribution in [0, 0.1) is 0 Å². The van der Waals surface area contributed by atoms with E-state index in [-0.39, 0.29) is 10.9 Å². The summed E-state index contributed by atoms with van der Waals surface area (Å²) in [5.41, 5.74) is 7.06. The van der Waals surface area contributed by atoms with E-state index in [1.54, 1.807) is 18.2 Å². The fraction of sp³-hybridized carbons (Fsp3) is 0.429. The molecule has 7 heteroatoms. The molecule has 0 atom stereocenters. The number of aromatic nitrogens is 1. The number of nitrogen functional groups attached to an aromatic ring is 1. The van der Waals surface area contributed by atoms with Crippen LogP contribution in [0.4, 0.5) is 5.69 Å². The maximum Gasteiger partial charge on any atom is 0.242 e. The summed E-state index contributed by atoms with van der Waals surface area (Å²) in [6.45, 7) is 1.83. The normalized spacial score (nSPS) is 18.3. The third-order valence-electron chi connectivity index (χ3n) is 4.00. The zero-order valence-corrected chi connectivity index (χ0v) is 12.8. The molecule has 0 unspecified atom stereocenters. The van der Waals surface area contributed by atoms with Crippen LogP contribution in [0.3, 0.4) is 0 Å². The molecule has 2 heterocycles. The number of hydrogen-bond donors (Lipinski definition) is 3. The van der Waals surface area contributed by atoms with Crippen LogP contribution in [0.5, 0.6) is 0 Å². The molecule has 1 aliphatic rings. The van der Waals surface area contributed by atoms with E-state index in [0.717, 1.165) is 31.4 Å². The highest BCUT2D eigenvalue weighted by Crippen LogP contribution is 2.25. The lowest BCUT2D eigenvalue weighted by molar-refractivity contribution is 0.248. The second-order valence-corrected chi connectivity index (χ2v) is 7.34. The summed E-state index contributed by atoms with van der Waals surface area (Å²) in [7, 11) is -1.46. The number of fused-ring (bicyclic) bond motifs is 1. The number of rotatable bonds is 3. The molecule has 0 aliphatic carbocycles. The fourth-order valence-corrected chi connectivity index (χ4v) is 4.23. The SMILES string of the molecule is CN1CCC(NS(=O)(=O)c2c[nH]c3cc(N)ccc23)CC1. The summed E-state index contributed by atoms with van der Waals surface area (Å²) in [6, 6.07) is 5.20. The molecular formula is C14H20N4O2S. The number of sulfonamides is 1. The van der Waals surface area contributed by atoms with Crippen LogP contribution < -0.4 is 10.5 Å². The monoisotopic (exact) mass is 308 g/mol. The van der Waals surface area contributed by atoms with Gasteiger partial charge in [-0.3, -0.25) is 0 Å². The molecule has 6 nitrogen and oxygen atoms in total. The Morgan fingerprint density at radius 3 is 2.76 bits per heavy atom. The maximum absolute atomic E-state index is 12.6. The van der Waals surface area contributed by atoms with Crippen molar-refractivity contribution in [2.75, 3.05) is 25.9 Å². The summed E-state index contributed by atoms with van der Waals surface area (Å²) in [6.07, 6.45) is 3.21. The Hall–Kier alpha value is -1.57. The zero-order valence-electron chi connectivity index (χ0n) is 12.0. The molecule has 0 radical (unpaired) electrons. The molecule has 1 aliphatic heterocycles. The molecule has 2 aromatic rings. The average molecular weight is 308 g/mol. The van der Waals surface area contributed by atoms with E-state index < -0.39 is 10.0 Å². The number of nitrogens with two attached hydrogens (primary N) is 1. The molecule has 0 amide bonds. The number of piperidine rings is 1. The van der Waals surface area contributed by atoms with E-state index in [9.17, 15) is 8.42 Å². The van der Waals surface area contributed by atoms with Gasteiger partial charge in [-0.2, -0.15) is 0 Å². The van der Waals surface area contributed by atoms with E-state index in [1.165, 1.54) is 6.20 Å².